The lowest BCUT2D eigenvalue weighted by molar-refractivity contribution is -0.477. The van der Waals surface area contributed by atoms with Gasteiger partial charge >= 0.3 is 0 Å². The monoisotopic (exact) mass is 398 g/mol. The van der Waals surface area contributed by atoms with Gasteiger partial charge in [-0.05, 0) is 60.9 Å². The van der Waals surface area contributed by atoms with Gasteiger partial charge in [-0.1, -0.05) is 18.2 Å². The molecule has 1 saturated heterocycles. The molecular formula is C23H26O6. The van der Waals surface area contributed by atoms with E-state index in [1.165, 1.54) is 0 Å². The molecule has 2 fully saturated rings. The zero-order valence-corrected chi connectivity index (χ0v) is 16.3. The van der Waals surface area contributed by atoms with Crippen molar-refractivity contribution < 1.29 is 29.1 Å². The molecule has 154 valence electrons. The van der Waals surface area contributed by atoms with Gasteiger partial charge in [-0.2, -0.15) is 0 Å². The molecule has 6 nitrogen and oxygen atoms in total. The number of hydrogen-bond acceptors (Lipinski definition) is 6. The molecule has 0 bridgehead atoms. The molecule has 2 aliphatic rings. The molecule has 1 atom stereocenters. The maximum absolute atomic E-state index is 8.78. The van der Waals surface area contributed by atoms with E-state index >= 15 is 0 Å². The second-order valence-electron chi connectivity index (χ2n) is 7.22. The SMILES string of the molecule is OCCOc1ccc(Oc2ccc(C=CC3COC4(CCCC4)OO3)cc2)cc1. The van der Waals surface area contributed by atoms with Crippen LogP contribution >= 0.6 is 0 Å². The summed E-state index contributed by atoms with van der Waals surface area (Å²) in [6.07, 6.45) is 7.79. The van der Waals surface area contributed by atoms with Gasteiger partial charge in [0.15, 0.2) is 0 Å². The van der Waals surface area contributed by atoms with Crippen LogP contribution in [-0.2, 0) is 14.5 Å². The van der Waals surface area contributed by atoms with Gasteiger partial charge in [0.1, 0.15) is 30.0 Å². The molecule has 1 unspecified atom stereocenters. The van der Waals surface area contributed by atoms with Crippen LogP contribution in [0.2, 0.25) is 0 Å². The van der Waals surface area contributed by atoms with E-state index in [0.29, 0.717) is 12.4 Å². The summed E-state index contributed by atoms with van der Waals surface area (Å²) in [6.45, 7) is 0.780. The molecule has 2 aromatic rings. The van der Waals surface area contributed by atoms with Crippen molar-refractivity contribution >= 4 is 6.08 Å². The predicted molar refractivity (Wildman–Crippen MR) is 108 cm³/mol. The Balaban J connectivity index is 1.27. The standard InChI is InChI=1S/C23H26O6/c24-15-16-25-19-9-11-21(12-10-19)27-20-6-3-18(4-7-20)5-8-22-17-26-23(29-28-22)13-1-2-14-23/h3-12,22,24H,1-2,13-17H2. The Morgan fingerprint density at radius 2 is 1.62 bits per heavy atom. The van der Waals surface area contributed by atoms with E-state index in [4.69, 9.17) is 29.1 Å². The summed E-state index contributed by atoms with van der Waals surface area (Å²) in [6, 6.07) is 15.1. The van der Waals surface area contributed by atoms with Gasteiger partial charge in [-0.15, -0.1) is 0 Å². The number of benzene rings is 2. The van der Waals surface area contributed by atoms with E-state index < -0.39 is 5.79 Å². The van der Waals surface area contributed by atoms with Crippen molar-refractivity contribution in [2.75, 3.05) is 19.8 Å². The molecule has 1 heterocycles. The van der Waals surface area contributed by atoms with E-state index in [1.807, 2.05) is 60.7 Å². The third-order valence-electron chi connectivity index (χ3n) is 5.00. The first kappa shape index (κ1) is 19.9. The van der Waals surface area contributed by atoms with Crippen LogP contribution < -0.4 is 9.47 Å². The largest absolute Gasteiger partial charge is 0.491 e. The summed E-state index contributed by atoms with van der Waals surface area (Å²) in [5.74, 6) is 1.65. The second kappa shape index (κ2) is 9.41. The van der Waals surface area contributed by atoms with Gasteiger partial charge in [0, 0.05) is 12.8 Å². The fourth-order valence-electron chi connectivity index (χ4n) is 3.43. The van der Waals surface area contributed by atoms with Gasteiger partial charge in [-0.3, -0.25) is 0 Å². The molecule has 2 aromatic carbocycles. The molecule has 6 heteroatoms. The molecular weight excluding hydrogens is 372 g/mol. The fourth-order valence-corrected chi connectivity index (χ4v) is 3.43. The average Bonchev–Trinajstić information content (AvgIpc) is 3.22. The first-order valence-corrected chi connectivity index (χ1v) is 10.0. The summed E-state index contributed by atoms with van der Waals surface area (Å²) >= 11 is 0. The van der Waals surface area contributed by atoms with Crippen molar-refractivity contribution in [3.8, 4) is 17.2 Å². The average molecular weight is 398 g/mol. The van der Waals surface area contributed by atoms with Crippen molar-refractivity contribution in [2.24, 2.45) is 0 Å². The minimum absolute atomic E-state index is 0.00720. The Morgan fingerprint density at radius 1 is 0.966 bits per heavy atom. The van der Waals surface area contributed by atoms with Gasteiger partial charge in [0.05, 0.1) is 13.2 Å². The summed E-state index contributed by atoms with van der Waals surface area (Å²) < 4.78 is 17.1. The van der Waals surface area contributed by atoms with E-state index in [1.54, 1.807) is 0 Å². The first-order chi connectivity index (χ1) is 14.2. The second-order valence-corrected chi connectivity index (χ2v) is 7.22. The molecule has 0 amide bonds. The van der Waals surface area contributed by atoms with Crippen molar-refractivity contribution in [3.63, 3.8) is 0 Å². The molecule has 0 radical (unpaired) electrons. The maximum atomic E-state index is 8.78. The summed E-state index contributed by atoms with van der Waals surface area (Å²) in [7, 11) is 0. The van der Waals surface area contributed by atoms with Crippen LogP contribution in [-0.4, -0.2) is 36.8 Å². The highest BCUT2D eigenvalue weighted by atomic mass is 17.2. The summed E-state index contributed by atoms with van der Waals surface area (Å²) in [4.78, 5) is 11.0. The Morgan fingerprint density at radius 3 is 2.24 bits per heavy atom. The van der Waals surface area contributed by atoms with Gasteiger partial charge in [-0.25, -0.2) is 9.78 Å². The number of ether oxygens (including phenoxy) is 3. The lowest BCUT2D eigenvalue weighted by atomic mass is 10.1. The van der Waals surface area contributed by atoms with Crippen molar-refractivity contribution in [2.45, 2.75) is 37.6 Å². The van der Waals surface area contributed by atoms with E-state index in [9.17, 15) is 0 Å². The van der Waals surface area contributed by atoms with Crippen LogP contribution in [0.4, 0.5) is 0 Å². The van der Waals surface area contributed by atoms with Crippen LogP contribution in [0.1, 0.15) is 31.2 Å². The van der Waals surface area contributed by atoms with E-state index in [-0.39, 0.29) is 19.3 Å². The van der Waals surface area contributed by atoms with Gasteiger partial charge in [0.2, 0.25) is 5.79 Å². The zero-order chi connectivity index (χ0) is 19.9. The highest BCUT2D eigenvalue weighted by Gasteiger charge is 2.41. The van der Waals surface area contributed by atoms with Crippen LogP contribution in [0.25, 0.3) is 6.08 Å². The lowest BCUT2D eigenvalue weighted by Crippen LogP contribution is -2.42. The Hall–Kier alpha value is -2.38. The number of aliphatic hydroxyl groups is 1. The van der Waals surface area contributed by atoms with E-state index in [2.05, 4.69) is 0 Å². The molecule has 1 saturated carbocycles. The molecule has 1 spiro atoms. The van der Waals surface area contributed by atoms with Crippen LogP contribution in [0.3, 0.4) is 0 Å². The van der Waals surface area contributed by atoms with Crippen molar-refractivity contribution in [1.82, 2.24) is 0 Å². The minimum atomic E-state index is -0.507. The van der Waals surface area contributed by atoms with Crippen molar-refractivity contribution in [3.05, 3.63) is 60.2 Å². The molecule has 4 rings (SSSR count). The molecule has 1 N–H and O–H groups in total. The topological polar surface area (TPSA) is 66.4 Å². The molecule has 1 aliphatic heterocycles. The third-order valence-corrected chi connectivity index (χ3v) is 5.00. The maximum Gasteiger partial charge on any atom is 0.201 e. The van der Waals surface area contributed by atoms with Crippen LogP contribution in [0, 0.1) is 0 Å². The number of rotatable bonds is 7. The van der Waals surface area contributed by atoms with Crippen LogP contribution in [0.5, 0.6) is 17.2 Å². The summed E-state index contributed by atoms with van der Waals surface area (Å²) in [5, 5.41) is 8.78. The molecule has 0 aromatic heterocycles. The van der Waals surface area contributed by atoms with Gasteiger partial charge < -0.3 is 19.3 Å². The zero-order valence-electron chi connectivity index (χ0n) is 16.3. The molecule has 29 heavy (non-hydrogen) atoms. The molecule has 1 aliphatic carbocycles. The highest BCUT2D eigenvalue weighted by molar-refractivity contribution is 5.51. The van der Waals surface area contributed by atoms with E-state index in [0.717, 1.165) is 42.7 Å². The quantitative estimate of drug-likeness (QED) is 0.694. The minimum Gasteiger partial charge on any atom is -0.491 e. The third kappa shape index (κ3) is 5.36. The fraction of sp³-hybridized carbons (Fsp3) is 0.391. The summed E-state index contributed by atoms with van der Waals surface area (Å²) in [5.41, 5.74) is 1.04. The van der Waals surface area contributed by atoms with Crippen LogP contribution in [0.15, 0.2) is 54.6 Å². The van der Waals surface area contributed by atoms with Crippen molar-refractivity contribution in [1.29, 1.82) is 0 Å². The van der Waals surface area contributed by atoms with Gasteiger partial charge in [0.25, 0.3) is 0 Å². The first-order valence-electron chi connectivity index (χ1n) is 10.0. The Kier molecular flexibility index (Phi) is 6.46. The predicted octanol–water partition coefficient (Wildman–Crippen LogP) is 4.48. The number of hydrogen-bond donors (Lipinski definition) is 1. The smallest absolute Gasteiger partial charge is 0.201 e. The Labute approximate surface area is 170 Å². The lowest BCUT2D eigenvalue weighted by Gasteiger charge is -2.34. The normalized spacial score (nSPS) is 20.9. The Bertz CT molecular complexity index is 783. The highest BCUT2D eigenvalue weighted by Crippen LogP contribution is 2.37. The number of aliphatic hydroxyl groups excluding tert-OH is 1.